The molecule has 182 valence electrons. The van der Waals surface area contributed by atoms with Crippen LogP contribution in [0.3, 0.4) is 0 Å². The van der Waals surface area contributed by atoms with Gasteiger partial charge in [0, 0.05) is 17.8 Å². The lowest BCUT2D eigenvalue weighted by molar-refractivity contribution is -0.226. The Kier molecular flexibility index (Phi) is 4.96. The molecule has 0 saturated heterocycles. The molecule has 8 atom stereocenters. The van der Waals surface area contributed by atoms with Crippen LogP contribution in [0.15, 0.2) is 29.7 Å². The van der Waals surface area contributed by atoms with Crippen molar-refractivity contribution in [2.75, 3.05) is 13.2 Å². The zero-order valence-corrected chi connectivity index (χ0v) is 20.4. The summed E-state index contributed by atoms with van der Waals surface area (Å²) >= 11 is 1.37. The van der Waals surface area contributed by atoms with Gasteiger partial charge in [0.1, 0.15) is 4.88 Å². The molecule has 6 aliphatic carbocycles. The maximum Gasteiger partial charge on any atom is 0.348 e. The number of Topliss-reactive ketones (excluding diaryl/α,β-unsaturated/α-hetero) is 1. The molecular weight excluding hydrogens is 452 g/mol. The molecule has 34 heavy (non-hydrogen) atoms. The van der Waals surface area contributed by atoms with Crippen LogP contribution in [0.1, 0.15) is 61.5 Å². The monoisotopic (exact) mass is 484 g/mol. The second kappa shape index (κ2) is 7.50. The van der Waals surface area contributed by atoms with E-state index in [-0.39, 0.29) is 52.9 Å². The fourth-order valence-electron chi connectivity index (χ4n) is 8.75. The van der Waals surface area contributed by atoms with Crippen LogP contribution in [0.2, 0.25) is 0 Å². The highest BCUT2D eigenvalue weighted by Gasteiger charge is 2.76. The van der Waals surface area contributed by atoms with Crippen molar-refractivity contribution in [1.82, 2.24) is 0 Å². The molecule has 6 nitrogen and oxygen atoms in total. The maximum absolute atomic E-state index is 13.6. The number of aliphatic hydroxyl groups is 1. The molecule has 1 aromatic heterocycles. The van der Waals surface area contributed by atoms with Crippen molar-refractivity contribution in [3.63, 3.8) is 0 Å². The number of carbonyl (C=O) groups excluding carboxylic acids is 3. The molecule has 7 rings (SSSR count). The number of aliphatic hydroxyl groups excluding tert-OH is 1. The number of allylic oxidation sites excluding steroid dienone is 1. The lowest BCUT2D eigenvalue weighted by atomic mass is 9.37. The standard InChI is InChI=1S/C27H32O6S/c1-15-17-5-8-27(23(15)30)21(10-17)25(13-32-16(2)28)7-6-18-12-26(18,20(25)11-22(27)29)14-33-24(31)19-4-3-9-34-19/h3-4,9,17-18,20-22,29H,1,5-8,10-14H2,2H3/t17-,18?,20?,21?,22+,25?,26?,27?/m0/s1. The van der Waals surface area contributed by atoms with Crippen LogP contribution in [0.5, 0.6) is 0 Å². The number of rotatable bonds is 5. The Balaban J connectivity index is 1.37. The molecule has 6 saturated carbocycles. The van der Waals surface area contributed by atoms with Crippen LogP contribution in [-0.4, -0.2) is 42.1 Å². The Morgan fingerprint density at radius 3 is 2.68 bits per heavy atom. The van der Waals surface area contributed by atoms with Gasteiger partial charge >= 0.3 is 11.9 Å². The van der Waals surface area contributed by atoms with E-state index in [1.54, 1.807) is 6.07 Å². The lowest BCUT2D eigenvalue weighted by Gasteiger charge is -2.67. The smallest absolute Gasteiger partial charge is 0.348 e. The summed E-state index contributed by atoms with van der Waals surface area (Å²) in [4.78, 5) is 38.8. The first kappa shape index (κ1) is 22.5. The summed E-state index contributed by atoms with van der Waals surface area (Å²) in [5, 5.41) is 13.5. The molecule has 2 bridgehead atoms. The molecule has 7 heteroatoms. The molecule has 0 amide bonds. The number of esters is 2. The molecule has 1 aromatic rings. The summed E-state index contributed by atoms with van der Waals surface area (Å²) in [5.74, 6) is -0.0139. The Bertz CT molecular complexity index is 1060. The van der Waals surface area contributed by atoms with Gasteiger partial charge in [0.2, 0.25) is 0 Å². The van der Waals surface area contributed by atoms with Crippen LogP contribution in [0, 0.1) is 39.9 Å². The summed E-state index contributed by atoms with van der Waals surface area (Å²) in [7, 11) is 0. The highest BCUT2D eigenvalue weighted by atomic mass is 32.1. The van der Waals surface area contributed by atoms with E-state index < -0.39 is 11.5 Å². The summed E-state index contributed by atoms with van der Waals surface area (Å²) in [6, 6.07) is 3.61. The van der Waals surface area contributed by atoms with Gasteiger partial charge in [-0.15, -0.1) is 11.3 Å². The van der Waals surface area contributed by atoms with Crippen molar-refractivity contribution in [3.8, 4) is 0 Å². The summed E-state index contributed by atoms with van der Waals surface area (Å²) in [6.07, 6.45) is 4.91. The predicted octanol–water partition coefficient (Wildman–Crippen LogP) is 4.18. The van der Waals surface area contributed by atoms with Crippen LogP contribution in [-0.2, 0) is 19.1 Å². The van der Waals surface area contributed by atoms with Crippen molar-refractivity contribution in [2.45, 2.75) is 58.0 Å². The average Bonchev–Trinajstić information content (AvgIpc) is 3.28. The van der Waals surface area contributed by atoms with E-state index in [0.717, 1.165) is 32.1 Å². The molecule has 6 unspecified atom stereocenters. The van der Waals surface area contributed by atoms with Gasteiger partial charge in [0.05, 0.1) is 24.7 Å². The van der Waals surface area contributed by atoms with Crippen molar-refractivity contribution in [2.24, 2.45) is 39.9 Å². The van der Waals surface area contributed by atoms with Crippen molar-refractivity contribution < 1.29 is 29.0 Å². The summed E-state index contributed by atoms with van der Waals surface area (Å²) < 4.78 is 11.6. The molecule has 0 aromatic carbocycles. The van der Waals surface area contributed by atoms with Gasteiger partial charge in [-0.3, -0.25) is 9.59 Å². The topological polar surface area (TPSA) is 89.9 Å². The molecule has 6 fully saturated rings. The van der Waals surface area contributed by atoms with Gasteiger partial charge in [-0.2, -0.15) is 0 Å². The van der Waals surface area contributed by atoms with Crippen LogP contribution in [0.25, 0.3) is 0 Å². The SMILES string of the molecule is C=C1C(=O)C23CC[C@H]1CC2C1(COC(C)=O)CCC2CC2(COC(=O)c2cccs2)C1C[C@H]3O. The van der Waals surface area contributed by atoms with E-state index in [0.29, 0.717) is 35.8 Å². The lowest BCUT2D eigenvalue weighted by Crippen LogP contribution is -2.69. The normalized spacial score (nSPS) is 44.0. The Labute approximate surface area is 203 Å². The summed E-state index contributed by atoms with van der Waals surface area (Å²) in [6.45, 7) is 6.12. The molecule has 1 heterocycles. The highest BCUT2D eigenvalue weighted by Crippen LogP contribution is 2.77. The minimum atomic E-state index is -0.820. The zero-order chi connectivity index (χ0) is 23.9. The molecule has 1 N–H and O–H groups in total. The third-order valence-electron chi connectivity index (χ3n) is 10.4. The van der Waals surface area contributed by atoms with Gasteiger partial charge < -0.3 is 14.6 Å². The molecular formula is C27H32O6S. The van der Waals surface area contributed by atoms with E-state index in [9.17, 15) is 19.5 Å². The zero-order valence-electron chi connectivity index (χ0n) is 19.6. The van der Waals surface area contributed by atoms with Crippen LogP contribution < -0.4 is 0 Å². The predicted molar refractivity (Wildman–Crippen MR) is 125 cm³/mol. The van der Waals surface area contributed by atoms with Gasteiger partial charge in [0.25, 0.3) is 0 Å². The summed E-state index contributed by atoms with van der Waals surface area (Å²) in [5.41, 5.74) is -0.756. The highest BCUT2D eigenvalue weighted by molar-refractivity contribution is 7.11. The van der Waals surface area contributed by atoms with Gasteiger partial charge in [-0.25, -0.2) is 4.79 Å². The molecule has 6 aliphatic rings. The number of carbonyl (C=O) groups is 3. The van der Waals surface area contributed by atoms with Gasteiger partial charge in [-0.05, 0) is 85.6 Å². The number of ether oxygens (including phenoxy) is 2. The van der Waals surface area contributed by atoms with Gasteiger partial charge in [-0.1, -0.05) is 12.6 Å². The van der Waals surface area contributed by atoms with Crippen LogP contribution >= 0.6 is 11.3 Å². The minimum Gasteiger partial charge on any atom is -0.465 e. The van der Waals surface area contributed by atoms with Crippen LogP contribution in [0.4, 0.5) is 0 Å². The van der Waals surface area contributed by atoms with Crippen molar-refractivity contribution >= 4 is 29.1 Å². The molecule has 0 aliphatic heterocycles. The number of fused-ring (bicyclic) bond motifs is 5. The second-order valence-corrected chi connectivity index (χ2v) is 12.4. The largest absolute Gasteiger partial charge is 0.465 e. The number of ketones is 1. The van der Waals surface area contributed by atoms with E-state index in [2.05, 4.69) is 6.58 Å². The van der Waals surface area contributed by atoms with E-state index in [1.165, 1.54) is 18.3 Å². The van der Waals surface area contributed by atoms with Gasteiger partial charge in [0.15, 0.2) is 5.78 Å². The third-order valence-corrected chi connectivity index (χ3v) is 11.2. The average molecular weight is 485 g/mol. The quantitative estimate of drug-likeness (QED) is 0.498. The fraction of sp³-hybridized carbons (Fsp3) is 0.667. The Morgan fingerprint density at radius 2 is 1.94 bits per heavy atom. The first-order valence-electron chi connectivity index (χ1n) is 12.5. The third kappa shape index (κ3) is 2.86. The fourth-order valence-corrected chi connectivity index (χ4v) is 9.36. The minimum absolute atomic E-state index is 0.0317. The van der Waals surface area contributed by atoms with E-state index >= 15 is 0 Å². The Hall–Kier alpha value is -1.99. The van der Waals surface area contributed by atoms with Crippen molar-refractivity contribution in [3.05, 3.63) is 34.5 Å². The maximum atomic E-state index is 13.6. The van der Waals surface area contributed by atoms with E-state index in [1.807, 2.05) is 11.4 Å². The molecule has 1 spiro atoms. The number of thiophene rings is 1. The number of hydrogen-bond donors (Lipinski definition) is 1. The first-order chi connectivity index (χ1) is 16.2. The first-order valence-corrected chi connectivity index (χ1v) is 13.4. The van der Waals surface area contributed by atoms with E-state index in [4.69, 9.17) is 9.47 Å². The Morgan fingerprint density at radius 1 is 1.15 bits per heavy atom. The van der Waals surface area contributed by atoms with Crippen molar-refractivity contribution in [1.29, 1.82) is 0 Å². The molecule has 0 radical (unpaired) electrons. The second-order valence-electron chi connectivity index (χ2n) is 11.5. The number of hydrogen-bond acceptors (Lipinski definition) is 7.